The van der Waals surface area contributed by atoms with Crippen molar-refractivity contribution in [2.45, 2.75) is 51.8 Å². The number of benzene rings is 3. The lowest BCUT2D eigenvalue weighted by Crippen LogP contribution is -2.33. The topological polar surface area (TPSA) is 93.9 Å². The maximum atomic E-state index is 13.8. The van der Waals surface area contributed by atoms with Gasteiger partial charge in [-0.1, -0.05) is 61.5 Å². The standard InChI is InChI=1S/C33H34N4O3S/c1-5-10-31-35-29-19-18-25(28-12-8-9-20-34-28)21-27(29)32(38)37(31)22-23-14-16-24(17-15-23)26-11-6-7-13-30(26)36-41(39,40)33(2,3)4/h6-9,11-21,36H,5,10,22H2,1-4H3. The van der Waals surface area contributed by atoms with Gasteiger partial charge < -0.3 is 0 Å². The van der Waals surface area contributed by atoms with E-state index >= 15 is 0 Å². The minimum Gasteiger partial charge on any atom is -0.292 e. The van der Waals surface area contributed by atoms with Gasteiger partial charge in [-0.15, -0.1) is 0 Å². The average Bonchev–Trinajstić information content (AvgIpc) is 2.95. The lowest BCUT2D eigenvalue weighted by Gasteiger charge is -2.22. The lowest BCUT2D eigenvalue weighted by molar-refractivity contribution is 0.566. The highest BCUT2D eigenvalue weighted by Crippen LogP contribution is 2.31. The Labute approximate surface area is 241 Å². The number of rotatable bonds is 8. The molecule has 8 heteroatoms. The zero-order valence-corrected chi connectivity index (χ0v) is 24.6. The first-order valence-corrected chi connectivity index (χ1v) is 15.2. The molecule has 0 spiro atoms. The van der Waals surface area contributed by atoms with Gasteiger partial charge in [0, 0.05) is 23.7 Å². The van der Waals surface area contributed by atoms with Crippen molar-refractivity contribution >= 4 is 26.6 Å². The van der Waals surface area contributed by atoms with Crippen molar-refractivity contribution < 1.29 is 8.42 Å². The number of pyridine rings is 1. The molecule has 0 bridgehead atoms. The number of hydrogen-bond donors (Lipinski definition) is 1. The van der Waals surface area contributed by atoms with Crippen molar-refractivity contribution in [3.05, 3.63) is 113 Å². The molecule has 0 saturated heterocycles. The number of aromatic nitrogens is 3. The number of para-hydroxylation sites is 1. The van der Waals surface area contributed by atoms with Crippen LogP contribution in [0.1, 0.15) is 45.5 Å². The van der Waals surface area contributed by atoms with Gasteiger partial charge in [-0.25, -0.2) is 13.4 Å². The van der Waals surface area contributed by atoms with Crippen LogP contribution < -0.4 is 10.3 Å². The van der Waals surface area contributed by atoms with Gasteiger partial charge in [0.05, 0.1) is 33.6 Å². The van der Waals surface area contributed by atoms with Crippen LogP contribution in [0.15, 0.2) is 95.9 Å². The van der Waals surface area contributed by atoms with Crippen molar-refractivity contribution in [3.63, 3.8) is 0 Å². The van der Waals surface area contributed by atoms with Gasteiger partial charge in [-0.2, -0.15) is 0 Å². The Morgan fingerprint density at radius 1 is 0.878 bits per heavy atom. The highest BCUT2D eigenvalue weighted by atomic mass is 32.2. The molecule has 5 aromatic rings. The van der Waals surface area contributed by atoms with Gasteiger partial charge in [0.1, 0.15) is 5.82 Å². The van der Waals surface area contributed by atoms with E-state index in [-0.39, 0.29) is 5.56 Å². The van der Waals surface area contributed by atoms with E-state index < -0.39 is 14.8 Å². The normalized spacial score (nSPS) is 12.0. The fourth-order valence-corrected chi connectivity index (χ4v) is 5.40. The molecule has 0 amide bonds. The molecule has 0 fully saturated rings. The molecule has 7 nitrogen and oxygen atoms in total. The van der Waals surface area contributed by atoms with Crippen LogP contribution in [0.3, 0.4) is 0 Å². The van der Waals surface area contributed by atoms with E-state index in [4.69, 9.17) is 4.98 Å². The predicted molar refractivity (Wildman–Crippen MR) is 167 cm³/mol. The number of hydrogen-bond acceptors (Lipinski definition) is 5. The monoisotopic (exact) mass is 566 g/mol. The Morgan fingerprint density at radius 2 is 1.59 bits per heavy atom. The Kier molecular flexibility index (Phi) is 7.78. The van der Waals surface area contributed by atoms with Gasteiger partial charge in [-0.05, 0) is 68.7 Å². The maximum absolute atomic E-state index is 13.8. The fraction of sp³-hybridized carbons (Fsp3) is 0.242. The molecule has 1 N–H and O–H groups in total. The maximum Gasteiger partial charge on any atom is 0.261 e. The zero-order chi connectivity index (χ0) is 29.2. The molecule has 0 radical (unpaired) electrons. The Hall–Kier alpha value is -4.30. The van der Waals surface area contributed by atoms with Crippen LogP contribution in [0.2, 0.25) is 0 Å². The molecular formula is C33H34N4O3S. The summed E-state index contributed by atoms with van der Waals surface area (Å²) in [4.78, 5) is 23.1. The summed E-state index contributed by atoms with van der Waals surface area (Å²) in [6, 6.07) is 26.6. The molecule has 3 aromatic carbocycles. The highest BCUT2D eigenvalue weighted by Gasteiger charge is 2.29. The summed E-state index contributed by atoms with van der Waals surface area (Å²) in [5.74, 6) is 0.751. The SMILES string of the molecule is CCCc1nc2ccc(-c3ccccn3)cc2c(=O)n1Cc1ccc(-c2ccccc2NS(=O)(=O)C(C)(C)C)cc1. The molecular weight excluding hydrogens is 532 g/mol. The molecule has 0 aliphatic carbocycles. The zero-order valence-electron chi connectivity index (χ0n) is 23.8. The van der Waals surface area contributed by atoms with E-state index in [1.165, 1.54) is 0 Å². The largest absolute Gasteiger partial charge is 0.292 e. The molecule has 0 atom stereocenters. The predicted octanol–water partition coefficient (Wildman–Crippen LogP) is 6.67. The number of aryl methyl sites for hydroxylation is 1. The quantitative estimate of drug-likeness (QED) is 0.227. The molecule has 0 aliphatic rings. The second-order valence-electron chi connectivity index (χ2n) is 11.1. The van der Waals surface area contributed by atoms with E-state index in [1.54, 1.807) is 37.6 Å². The molecule has 0 saturated carbocycles. The molecule has 210 valence electrons. The van der Waals surface area contributed by atoms with Crippen molar-refractivity contribution in [2.75, 3.05) is 4.72 Å². The summed E-state index contributed by atoms with van der Waals surface area (Å²) in [6.07, 6.45) is 3.29. The van der Waals surface area contributed by atoms with Crippen molar-refractivity contribution in [3.8, 4) is 22.4 Å². The number of nitrogens with one attached hydrogen (secondary N) is 1. The van der Waals surface area contributed by atoms with Crippen LogP contribution >= 0.6 is 0 Å². The highest BCUT2D eigenvalue weighted by molar-refractivity contribution is 7.94. The molecule has 0 unspecified atom stereocenters. The summed E-state index contributed by atoms with van der Waals surface area (Å²) in [7, 11) is -3.58. The van der Waals surface area contributed by atoms with Crippen molar-refractivity contribution in [1.82, 2.24) is 14.5 Å². The Balaban J connectivity index is 1.49. The third kappa shape index (κ3) is 5.93. The first-order valence-electron chi connectivity index (χ1n) is 13.7. The first-order chi connectivity index (χ1) is 19.6. The van der Waals surface area contributed by atoms with Gasteiger partial charge >= 0.3 is 0 Å². The smallest absolute Gasteiger partial charge is 0.261 e. The van der Waals surface area contributed by atoms with Crippen LogP contribution in [0.25, 0.3) is 33.3 Å². The summed E-state index contributed by atoms with van der Waals surface area (Å²) < 4.78 is 29.2. The minimum absolute atomic E-state index is 0.0813. The number of sulfonamides is 1. The van der Waals surface area contributed by atoms with E-state index in [0.717, 1.165) is 40.2 Å². The minimum atomic E-state index is -3.58. The van der Waals surface area contributed by atoms with E-state index in [9.17, 15) is 13.2 Å². The van der Waals surface area contributed by atoms with Crippen LogP contribution in [0.5, 0.6) is 0 Å². The summed E-state index contributed by atoms with van der Waals surface area (Å²) in [5.41, 5.74) is 5.41. The van der Waals surface area contributed by atoms with Crippen molar-refractivity contribution in [1.29, 1.82) is 0 Å². The van der Waals surface area contributed by atoms with Gasteiger partial charge in [0.25, 0.3) is 5.56 Å². The van der Waals surface area contributed by atoms with E-state index in [2.05, 4.69) is 16.6 Å². The van der Waals surface area contributed by atoms with Gasteiger partial charge in [-0.3, -0.25) is 19.1 Å². The summed E-state index contributed by atoms with van der Waals surface area (Å²) >= 11 is 0. The molecule has 0 aliphatic heterocycles. The molecule has 2 heterocycles. The third-order valence-corrected chi connectivity index (χ3v) is 9.15. The van der Waals surface area contributed by atoms with Crippen molar-refractivity contribution in [2.24, 2.45) is 0 Å². The number of anilines is 1. The second-order valence-corrected chi connectivity index (χ2v) is 13.5. The van der Waals surface area contributed by atoms with Crippen LogP contribution in [0, 0.1) is 0 Å². The molecule has 41 heavy (non-hydrogen) atoms. The third-order valence-electron chi connectivity index (χ3n) is 7.05. The van der Waals surface area contributed by atoms with Crippen LogP contribution in [-0.2, 0) is 23.0 Å². The van der Waals surface area contributed by atoms with E-state index in [1.807, 2.05) is 78.9 Å². The fourth-order valence-electron chi connectivity index (χ4n) is 4.63. The number of fused-ring (bicyclic) bond motifs is 1. The Bertz CT molecular complexity index is 1860. The summed E-state index contributed by atoms with van der Waals surface area (Å²) in [5, 5.41) is 0.560. The molecule has 5 rings (SSSR count). The van der Waals surface area contributed by atoms with Crippen LogP contribution in [-0.4, -0.2) is 27.7 Å². The summed E-state index contributed by atoms with van der Waals surface area (Å²) in [6.45, 7) is 7.46. The lowest BCUT2D eigenvalue weighted by atomic mass is 10.0. The second kappa shape index (κ2) is 11.3. The molecule has 2 aromatic heterocycles. The van der Waals surface area contributed by atoms with E-state index in [0.29, 0.717) is 29.6 Å². The Morgan fingerprint density at radius 3 is 2.27 bits per heavy atom. The van der Waals surface area contributed by atoms with Gasteiger partial charge in [0.2, 0.25) is 10.0 Å². The number of nitrogens with zero attached hydrogens (tertiary/aromatic N) is 3. The van der Waals surface area contributed by atoms with Crippen LogP contribution in [0.4, 0.5) is 5.69 Å². The van der Waals surface area contributed by atoms with Gasteiger partial charge in [0.15, 0.2) is 0 Å². The first kappa shape index (κ1) is 28.2. The average molecular weight is 567 g/mol.